The van der Waals surface area contributed by atoms with Crippen LogP contribution in [0.1, 0.15) is 12.5 Å². The second-order valence-electron chi connectivity index (χ2n) is 5.90. The van der Waals surface area contributed by atoms with E-state index in [9.17, 15) is 9.90 Å². The number of carbonyl (C=O) groups excluding carboxylic acids is 1. The molecule has 136 valence electrons. The summed E-state index contributed by atoms with van der Waals surface area (Å²) in [6, 6.07) is 24.2. The van der Waals surface area contributed by atoms with E-state index >= 15 is 0 Å². The van der Waals surface area contributed by atoms with Gasteiger partial charge in [0.05, 0.1) is 5.71 Å². The van der Waals surface area contributed by atoms with E-state index in [4.69, 9.17) is 4.74 Å². The van der Waals surface area contributed by atoms with E-state index in [2.05, 4.69) is 10.5 Å². The van der Waals surface area contributed by atoms with E-state index in [1.807, 2.05) is 54.6 Å². The van der Waals surface area contributed by atoms with Gasteiger partial charge in [-0.05, 0) is 30.7 Å². The van der Waals surface area contributed by atoms with Gasteiger partial charge in [-0.25, -0.2) is 5.43 Å². The summed E-state index contributed by atoms with van der Waals surface area (Å²) in [7, 11) is 0. The Morgan fingerprint density at radius 3 is 2.41 bits per heavy atom. The van der Waals surface area contributed by atoms with E-state index in [0.717, 1.165) is 11.1 Å². The van der Waals surface area contributed by atoms with Gasteiger partial charge < -0.3 is 9.84 Å². The van der Waals surface area contributed by atoms with E-state index in [0.29, 0.717) is 17.0 Å². The normalized spacial score (nSPS) is 11.1. The molecule has 5 heteroatoms. The third-order valence-corrected chi connectivity index (χ3v) is 3.97. The highest BCUT2D eigenvalue weighted by Crippen LogP contribution is 2.29. The molecule has 1 amide bonds. The number of nitrogens with zero attached hydrogens (tertiary/aromatic N) is 1. The number of carbonyl (C=O) groups is 1. The van der Waals surface area contributed by atoms with Crippen molar-refractivity contribution in [1.29, 1.82) is 0 Å². The van der Waals surface area contributed by atoms with Gasteiger partial charge in [0.1, 0.15) is 11.5 Å². The number of rotatable bonds is 6. The zero-order chi connectivity index (χ0) is 19.1. The maximum atomic E-state index is 12.1. The van der Waals surface area contributed by atoms with Gasteiger partial charge in [0.25, 0.3) is 5.91 Å². The lowest BCUT2D eigenvalue weighted by Crippen LogP contribution is -2.25. The molecule has 0 aliphatic carbocycles. The Morgan fingerprint density at radius 1 is 0.963 bits per heavy atom. The van der Waals surface area contributed by atoms with E-state index in [1.165, 1.54) is 0 Å². The van der Waals surface area contributed by atoms with Crippen molar-refractivity contribution in [1.82, 2.24) is 5.43 Å². The third kappa shape index (κ3) is 4.73. The molecule has 0 aliphatic heterocycles. The Hall–Kier alpha value is -3.60. The van der Waals surface area contributed by atoms with Crippen LogP contribution in [0.3, 0.4) is 0 Å². The number of hydrogen-bond donors (Lipinski definition) is 2. The van der Waals surface area contributed by atoms with Crippen molar-refractivity contribution >= 4 is 11.6 Å². The second kappa shape index (κ2) is 8.67. The number of ether oxygens (including phenoxy) is 1. The standard InChI is InChI=1S/C22H20N2O3/c1-16(18-11-5-7-13-20(18)25)23-24-22(26)15-27-21-14-8-6-12-19(21)17-9-3-2-4-10-17/h2-14,25H,15H2,1H3,(H,24,26). The van der Waals surface area contributed by atoms with Crippen LogP contribution in [0.5, 0.6) is 11.5 Å². The molecule has 0 bridgehead atoms. The number of phenolic OH excluding ortho intramolecular Hbond substituents is 1. The van der Waals surface area contributed by atoms with Crippen LogP contribution in [0, 0.1) is 0 Å². The highest BCUT2D eigenvalue weighted by molar-refractivity contribution is 6.01. The molecule has 0 atom stereocenters. The highest BCUT2D eigenvalue weighted by Gasteiger charge is 2.09. The van der Waals surface area contributed by atoms with Crippen LogP contribution in [0.15, 0.2) is 84.0 Å². The summed E-state index contributed by atoms with van der Waals surface area (Å²) in [6.45, 7) is 1.54. The number of amides is 1. The van der Waals surface area contributed by atoms with Crippen LogP contribution in [0.4, 0.5) is 0 Å². The maximum absolute atomic E-state index is 12.1. The predicted octanol–water partition coefficient (Wildman–Crippen LogP) is 3.98. The van der Waals surface area contributed by atoms with Gasteiger partial charge in [0.2, 0.25) is 0 Å². The Labute approximate surface area is 157 Å². The molecule has 0 saturated heterocycles. The van der Waals surface area contributed by atoms with Gasteiger partial charge >= 0.3 is 0 Å². The molecule has 5 nitrogen and oxygen atoms in total. The number of hydrazone groups is 1. The topological polar surface area (TPSA) is 70.9 Å². The molecule has 0 heterocycles. The molecule has 27 heavy (non-hydrogen) atoms. The van der Waals surface area contributed by atoms with Crippen molar-refractivity contribution in [2.24, 2.45) is 5.10 Å². The average molecular weight is 360 g/mol. The van der Waals surface area contributed by atoms with Crippen molar-refractivity contribution in [2.45, 2.75) is 6.92 Å². The molecule has 0 unspecified atom stereocenters. The van der Waals surface area contributed by atoms with Crippen LogP contribution in [-0.2, 0) is 4.79 Å². The zero-order valence-corrected chi connectivity index (χ0v) is 14.9. The van der Waals surface area contributed by atoms with Gasteiger partial charge in [-0.2, -0.15) is 5.10 Å². The van der Waals surface area contributed by atoms with Gasteiger partial charge in [0.15, 0.2) is 6.61 Å². The minimum atomic E-state index is -0.382. The number of benzene rings is 3. The number of nitrogens with one attached hydrogen (secondary N) is 1. The van der Waals surface area contributed by atoms with Crippen LogP contribution in [0.2, 0.25) is 0 Å². The minimum absolute atomic E-state index is 0.112. The molecular weight excluding hydrogens is 340 g/mol. The van der Waals surface area contributed by atoms with Crippen molar-refractivity contribution in [3.8, 4) is 22.6 Å². The summed E-state index contributed by atoms with van der Waals surface area (Å²) in [6.07, 6.45) is 0. The van der Waals surface area contributed by atoms with Gasteiger partial charge in [0, 0.05) is 11.1 Å². The highest BCUT2D eigenvalue weighted by atomic mass is 16.5. The van der Waals surface area contributed by atoms with E-state index in [-0.39, 0.29) is 18.3 Å². The lowest BCUT2D eigenvalue weighted by Gasteiger charge is -2.11. The monoisotopic (exact) mass is 360 g/mol. The van der Waals surface area contributed by atoms with E-state index in [1.54, 1.807) is 31.2 Å². The lowest BCUT2D eigenvalue weighted by atomic mass is 10.1. The summed E-state index contributed by atoms with van der Waals surface area (Å²) < 4.78 is 5.68. The van der Waals surface area contributed by atoms with Gasteiger partial charge in [-0.15, -0.1) is 0 Å². The predicted molar refractivity (Wildman–Crippen MR) is 106 cm³/mol. The maximum Gasteiger partial charge on any atom is 0.277 e. The summed E-state index contributed by atoms with van der Waals surface area (Å²) in [5.41, 5.74) is 5.45. The zero-order valence-electron chi connectivity index (χ0n) is 14.9. The van der Waals surface area contributed by atoms with Gasteiger partial charge in [-0.3, -0.25) is 4.79 Å². The van der Waals surface area contributed by atoms with Crippen LogP contribution in [0.25, 0.3) is 11.1 Å². The number of hydrogen-bond acceptors (Lipinski definition) is 4. The first-order chi connectivity index (χ1) is 13.1. The Balaban J connectivity index is 1.64. The van der Waals surface area contributed by atoms with Crippen LogP contribution >= 0.6 is 0 Å². The summed E-state index contributed by atoms with van der Waals surface area (Å²) >= 11 is 0. The van der Waals surface area contributed by atoms with Crippen molar-refractivity contribution in [2.75, 3.05) is 6.61 Å². The number of aromatic hydroxyl groups is 1. The molecule has 0 aromatic heterocycles. The summed E-state index contributed by atoms with van der Waals surface area (Å²) in [5.74, 6) is 0.355. The molecule has 3 rings (SSSR count). The average Bonchev–Trinajstić information content (AvgIpc) is 2.71. The molecular formula is C22H20N2O3. The molecule has 0 radical (unpaired) electrons. The lowest BCUT2D eigenvalue weighted by molar-refractivity contribution is -0.123. The van der Waals surface area contributed by atoms with Crippen LogP contribution < -0.4 is 10.2 Å². The molecule has 0 saturated carbocycles. The molecule has 0 fully saturated rings. The summed E-state index contributed by atoms with van der Waals surface area (Å²) in [4.78, 5) is 12.1. The fourth-order valence-corrected chi connectivity index (χ4v) is 2.61. The molecule has 3 aromatic carbocycles. The first-order valence-corrected chi connectivity index (χ1v) is 8.54. The first-order valence-electron chi connectivity index (χ1n) is 8.54. The minimum Gasteiger partial charge on any atom is -0.507 e. The molecule has 0 spiro atoms. The fourth-order valence-electron chi connectivity index (χ4n) is 2.61. The molecule has 2 N–H and O–H groups in total. The van der Waals surface area contributed by atoms with Crippen molar-refractivity contribution in [3.63, 3.8) is 0 Å². The Kier molecular flexibility index (Phi) is 5.84. The first kappa shape index (κ1) is 18.2. The Bertz CT molecular complexity index is 953. The molecule has 3 aromatic rings. The van der Waals surface area contributed by atoms with Crippen molar-refractivity contribution < 1.29 is 14.6 Å². The van der Waals surface area contributed by atoms with Gasteiger partial charge in [-0.1, -0.05) is 60.7 Å². The largest absolute Gasteiger partial charge is 0.507 e. The smallest absolute Gasteiger partial charge is 0.277 e. The van der Waals surface area contributed by atoms with E-state index < -0.39 is 0 Å². The SMILES string of the molecule is CC(=NNC(=O)COc1ccccc1-c1ccccc1)c1ccccc1O. The quantitative estimate of drug-likeness (QED) is 0.516. The third-order valence-electron chi connectivity index (χ3n) is 3.97. The van der Waals surface area contributed by atoms with Crippen molar-refractivity contribution in [3.05, 3.63) is 84.4 Å². The number of phenols is 1. The fraction of sp³-hybridized carbons (Fsp3) is 0.0909. The molecule has 0 aliphatic rings. The number of para-hydroxylation sites is 2. The van der Waals surface area contributed by atoms with Crippen LogP contribution in [-0.4, -0.2) is 23.3 Å². The Morgan fingerprint density at radius 2 is 1.63 bits per heavy atom. The second-order valence-corrected chi connectivity index (χ2v) is 5.90. The summed E-state index contributed by atoms with van der Waals surface area (Å²) in [5, 5.41) is 13.8.